The standard InChI is InChI=1S/C18H31F4NO5S2/c1-3-17(19,16(25)23-10-8-13-6-4-5-7-14(13)12-23)29(2,26)15(24)9-11-30(27,28)18(20,21)22/h13-16,24-25H,2-12H2,1H3. The third-order valence-corrected chi connectivity index (χ3v) is 10.8. The molecule has 2 N–H and O–H groups in total. The second-order valence-corrected chi connectivity index (χ2v) is 13.1. The molecule has 0 aromatic heterocycles. The van der Waals surface area contributed by atoms with E-state index < -0.39 is 60.1 Å². The van der Waals surface area contributed by atoms with Gasteiger partial charge in [0, 0.05) is 22.6 Å². The molecule has 1 aliphatic heterocycles. The molecule has 1 saturated heterocycles. The molecule has 2 rings (SSSR count). The molecule has 0 aromatic carbocycles. The minimum Gasteiger partial charge on any atom is -0.380 e. The van der Waals surface area contributed by atoms with E-state index in [1.54, 1.807) is 0 Å². The van der Waals surface area contributed by atoms with Gasteiger partial charge in [-0.3, -0.25) is 9.11 Å². The maximum atomic E-state index is 15.8. The topological polar surface area (TPSA) is 94.9 Å². The number of halogens is 4. The van der Waals surface area contributed by atoms with Crippen LogP contribution in [0.1, 0.15) is 51.9 Å². The summed E-state index contributed by atoms with van der Waals surface area (Å²) in [6.45, 7) is 2.05. The summed E-state index contributed by atoms with van der Waals surface area (Å²) in [7, 11) is -9.80. The third-order valence-electron chi connectivity index (χ3n) is 6.54. The molecule has 0 spiro atoms. The number of hydrogen-bond acceptors (Lipinski definition) is 6. The summed E-state index contributed by atoms with van der Waals surface area (Å²) in [6, 6.07) is 0. The Morgan fingerprint density at radius 1 is 1.07 bits per heavy atom. The molecule has 6 unspecified atom stereocenters. The van der Waals surface area contributed by atoms with E-state index in [9.17, 15) is 36.0 Å². The van der Waals surface area contributed by atoms with E-state index in [1.165, 1.54) is 11.8 Å². The Hall–Kier alpha value is -0.430. The highest BCUT2D eigenvalue weighted by Crippen LogP contribution is 2.40. The molecule has 178 valence electrons. The number of fused-ring (bicyclic) bond motifs is 1. The molecule has 0 amide bonds. The Kier molecular flexibility index (Phi) is 7.93. The van der Waals surface area contributed by atoms with E-state index in [-0.39, 0.29) is 5.92 Å². The van der Waals surface area contributed by atoms with Crippen LogP contribution in [0.4, 0.5) is 17.6 Å². The number of likely N-dealkylation sites (tertiary alicyclic amines) is 1. The lowest BCUT2D eigenvalue weighted by Gasteiger charge is -2.46. The Morgan fingerprint density at radius 3 is 2.17 bits per heavy atom. The summed E-state index contributed by atoms with van der Waals surface area (Å²) in [6.07, 6.45) is 1.44. The summed E-state index contributed by atoms with van der Waals surface area (Å²) in [5.41, 5.74) is -7.79. The molecule has 1 aliphatic carbocycles. The lowest BCUT2D eigenvalue weighted by molar-refractivity contribution is -0.0984. The van der Waals surface area contributed by atoms with Crippen LogP contribution in [0.15, 0.2) is 0 Å². The fraction of sp³-hybridized carbons (Fsp3) is 0.944. The predicted octanol–water partition coefficient (Wildman–Crippen LogP) is 2.25. The molecule has 2 aliphatic rings. The van der Waals surface area contributed by atoms with Gasteiger partial charge in [-0.05, 0) is 43.4 Å². The summed E-state index contributed by atoms with van der Waals surface area (Å²) < 4.78 is 88.9. The molecular weight excluding hydrogens is 450 g/mol. The highest BCUT2D eigenvalue weighted by molar-refractivity contribution is 8.01. The van der Waals surface area contributed by atoms with Crippen LogP contribution in [0.25, 0.3) is 0 Å². The van der Waals surface area contributed by atoms with Crippen LogP contribution in [0, 0.1) is 11.8 Å². The maximum absolute atomic E-state index is 15.8. The van der Waals surface area contributed by atoms with E-state index in [1.807, 2.05) is 0 Å². The average Bonchev–Trinajstić information content (AvgIpc) is 2.69. The molecule has 12 heteroatoms. The van der Waals surface area contributed by atoms with Crippen molar-refractivity contribution in [3.8, 4) is 0 Å². The highest BCUT2D eigenvalue weighted by Gasteiger charge is 2.52. The molecule has 1 saturated carbocycles. The smallest absolute Gasteiger partial charge is 0.380 e. The highest BCUT2D eigenvalue weighted by atomic mass is 32.2. The average molecular weight is 482 g/mol. The minimum atomic E-state index is -5.57. The Morgan fingerprint density at radius 2 is 1.63 bits per heavy atom. The molecule has 2 fully saturated rings. The first kappa shape index (κ1) is 25.8. The van der Waals surface area contributed by atoms with Crippen LogP contribution >= 0.6 is 0 Å². The van der Waals surface area contributed by atoms with E-state index in [4.69, 9.17) is 0 Å². The van der Waals surface area contributed by atoms with Crippen molar-refractivity contribution in [2.45, 2.75) is 74.0 Å². The van der Waals surface area contributed by atoms with Crippen molar-refractivity contribution in [1.29, 1.82) is 0 Å². The second kappa shape index (κ2) is 9.21. The Labute approximate surface area is 175 Å². The number of nitrogens with zero attached hydrogens (tertiary/aromatic N) is 1. The van der Waals surface area contributed by atoms with Crippen molar-refractivity contribution >= 4 is 25.2 Å². The number of sulfone groups is 1. The lowest BCUT2D eigenvalue weighted by Crippen LogP contribution is -2.59. The normalized spacial score (nSPS) is 30.0. The zero-order valence-corrected chi connectivity index (χ0v) is 18.6. The van der Waals surface area contributed by atoms with Gasteiger partial charge in [-0.25, -0.2) is 12.8 Å². The van der Waals surface area contributed by atoms with Crippen LogP contribution in [-0.4, -0.2) is 74.6 Å². The minimum absolute atomic E-state index is 0.269. The lowest BCUT2D eigenvalue weighted by atomic mass is 9.75. The first-order valence-electron chi connectivity index (χ1n) is 10.1. The number of rotatable bonds is 8. The number of piperidine rings is 1. The largest absolute Gasteiger partial charge is 0.497 e. The van der Waals surface area contributed by atoms with Crippen molar-refractivity contribution in [1.82, 2.24) is 4.90 Å². The van der Waals surface area contributed by atoms with E-state index >= 15 is 4.39 Å². The van der Waals surface area contributed by atoms with Crippen molar-refractivity contribution in [2.24, 2.45) is 11.8 Å². The molecule has 0 aromatic rings. The first-order valence-corrected chi connectivity index (χ1v) is 13.6. The van der Waals surface area contributed by atoms with Gasteiger partial charge in [0.25, 0.3) is 0 Å². The van der Waals surface area contributed by atoms with Gasteiger partial charge in [0.2, 0.25) is 14.8 Å². The van der Waals surface area contributed by atoms with Crippen molar-refractivity contribution in [3.63, 3.8) is 0 Å². The predicted molar refractivity (Wildman–Crippen MR) is 108 cm³/mol. The molecule has 6 nitrogen and oxygen atoms in total. The van der Waals surface area contributed by atoms with Crippen LogP contribution in [0.3, 0.4) is 0 Å². The summed E-state index contributed by atoms with van der Waals surface area (Å²) in [5, 5.41) is 18.0. The molecule has 6 atom stereocenters. The van der Waals surface area contributed by atoms with E-state index in [0.29, 0.717) is 19.0 Å². The second-order valence-electron chi connectivity index (χ2n) is 8.34. The Balaban J connectivity index is 2.15. The van der Waals surface area contributed by atoms with Crippen molar-refractivity contribution in [3.05, 3.63) is 0 Å². The molecule has 0 radical (unpaired) electrons. The van der Waals surface area contributed by atoms with Crippen molar-refractivity contribution < 1.29 is 40.4 Å². The first-order chi connectivity index (χ1) is 13.7. The van der Waals surface area contributed by atoms with E-state index in [2.05, 4.69) is 5.87 Å². The van der Waals surface area contributed by atoms with Crippen LogP contribution in [0.2, 0.25) is 0 Å². The summed E-state index contributed by atoms with van der Waals surface area (Å²) in [4.78, 5) is 1.46. The Bertz CT molecular complexity index is 802. The van der Waals surface area contributed by atoms with Crippen LogP contribution in [-0.2, 0) is 19.4 Å². The third kappa shape index (κ3) is 4.97. The zero-order chi connectivity index (χ0) is 23.0. The maximum Gasteiger partial charge on any atom is 0.497 e. The zero-order valence-electron chi connectivity index (χ0n) is 17.0. The van der Waals surface area contributed by atoms with Crippen LogP contribution < -0.4 is 0 Å². The number of aliphatic hydroxyl groups is 2. The molecule has 0 bridgehead atoms. The van der Waals surface area contributed by atoms with Gasteiger partial charge in [0.15, 0.2) is 6.23 Å². The van der Waals surface area contributed by atoms with Gasteiger partial charge in [-0.1, -0.05) is 26.2 Å². The monoisotopic (exact) mass is 481 g/mol. The van der Waals surface area contributed by atoms with Gasteiger partial charge in [-0.2, -0.15) is 13.2 Å². The van der Waals surface area contributed by atoms with Gasteiger partial charge >= 0.3 is 5.51 Å². The van der Waals surface area contributed by atoms with Gasteiger partial charge < -0.3 is 10.2 Å². The molecule has 1 heterocycles. The SMILES string of the molecule is C=S(=O)(C(O)CCS(=O)(=O)C(F)(F)F)C(F)(CC)C(O)N1CCC2CCCCC2C1. The summed E-state index contributed by atoms with van der Waals surface area (Å²) in [5.74, 6) is 2.42. The quantitative estimate of drug-likeness (QED) is 0.408. The van der Waals surface area contributed by atoms with Gasteiger partial charge in [0.1, 0.15) is 5.44 Å². The van der Waals surface area contributed by atoms with Gasteiger partial charge in [-0.15, -0.1) is 0 Å². The molecule has 30 heavy (non-hydrogen) atoms. The fourth-order valence-corrected chi connectivity index (χ4v) is 7.38. The van der Waals surface area contributed by atoms with E-state index in [0.717, 1.165) is 32.1 Å². The van der Waals surface area contributed by atoms with Gasteiger partial charge in [0.05, 0.1) is 5.75 Å². The van der Waals surface area contributed by atoms with Crippen molar-refractivity contribution in [2.75, 3.05) is 18.8 Å². The number of hydrogen-bond donors (Lipinski definition) is 2. The molecular formula is C18H31F4NO5S2. The number of aliphatic hydroxyl groups excluding tert-OH is 2. The fourth-order valence-electron chi connectivity index (χ4n) is 4.52. The summed E-state index contributed by atoms with van der Waals surface area (Å²) >= 11 is 0. The van der Waals surface area contributed by atoms with Crippen LogP contribution in [0.5, 0.6) is 0 Å². The number of alkyl halides is 4.